The zero-order valence-corrected chi connectivity index (χ0v) is 6.79. The normalized spacial score (nSPS) is 10.3. The molecule has 0 saturated carbocycles. The number of carbonyl (C=O) groups excluding carboxylic acids is 1. The van der Waals surface area contributed by atoms with Crippen LogP contribution < -0.4 is 22.1 Å². The van der Waals surface area contributed by atoms with E-state index < -0.39 is 6.29 Å². The number of hydrogen-bond acceptors (Lipinski definition) is 5. The molecule has 1 amide bonds. The quantitative estimate of drug-likeness (QED) is 0.200. The van der Waals surface area contributed by atoms with E-state index in [2.05, 4.69) is 10.6 Å². The molecule has 0 radical (unpaired) electrons. The second-order valence-electron chi connectivity index (χ2n) is 2.12. The summed E-state index contributed by atoms with van der Waals surface area (Å²) in [6, 6.07) is 0. The lowest BCUT2D eigenvalue weighted by Gasteiger charge is -2.03. The molecule has 6 heteroatoms. The van der Waals surface area contributed by atoms with Crippen molar-refractivity contribution in [2.75, 3.05) is 0 Å². The minimum atomic E-state index is -0.661. The van der Waals surface area contributed by atoms with Gasteiger partial charge in [0.15, 0.2) is 0 Å². The molecule has 0 aliphatic carbocycles. The van der Waals surface area contributed by atoms with Gasteiger partial charge in [0, 0.05) is 13.1 Å². The van der Waals surface area contributed by atoms with Crippen molar-refractivity contribution in [2.24, 2.45) is 11.5 Å². The van der Waals surface area contributed by atoms with Gasteiger partial charge in [0.05, 0.1) is 0 Å². The van der Waals surface area contributed by atoms with Gasteiger partial charge < -0.3 is 10.6 Å². The van der Waals surface area contributed by atoms with Gasteiger partial charge in [0.1, 0.15) is 12.1 Å². The molecule has 0 heterocycles. The summed E-state index contributed by atoms with van der Waals surface area (Å²) in [5, 5.41) is 11.9. The van der Waals surface area contributed by atoms with Gasteiger partial charge in [-0.15, -0.1) is 0 Å². The first-order valence-electron chi connectivity index (χ1n) is 3.32. The summed E-state index contributed by atoms with van der Waals surface area (Å²) in [7, 11) is 0. The van der Waals surface area contributed by atoms with Gasteiger partial charge in [0.25, 0.3) is 0 Å². The molecule has 0 unspecified atom stereocenters. The van der Waals surface area contributed by atoms with Gasteiger partial charge in [-0.3, -0.25) is 21.7 Å². The molecular formula is C6H13N5O. The van der Waals surface area contributed by atoms with Crippen LogP contribution in [0.3, 0.4) is 0 Å². The maximum atomic E-state index is 10.4. The first-order valence-corrected chi connectivity index (χ1v) is 3.32. The Morgan fingerprint density at radius 3 is 2.58 bits per heavy atom. The Hall–Kier alpha value is -1.40. The van der Waals surface area contributed by atoms with Gasteiger partial charge >= 0.3 is 0 Å². The summed E-state index contributed by atoms with van der Waals surface area (Å²) in [4.78, 5) is 10.4. The van der Waals surface area contributed by atoms with Crippen molar-refractivity contribution in [3.8, 4) is 0 Å². The molecule has 7 N–H and O–H groups in total. The van der Waals surface area contributed by atoms with E-state index >= 15 is 0 Å². The second kappa shape index (κ2) is 5.28. The first kappa shape index (κ1) is 10.6. The molecule has 12 heavy (non-hydrogen) atoms. The average molecular weight is 171 g/mol. The van der Waals surface area contributed by atoms with E-state index in [1.165, 1.54) is 19.2 Å². The number of hydrogen-bond donors (Lipinski definition) is 5. The highest BCUT2D eigenvalue weighted by atomic mass is 16.1. The van der Waals surface area contributed by atoms with Gasteiger partial charge in [-0.05, 0) is 6.08 Å². The molecule has 0 atom stereocenters. The third-order valence-electron chi connectivity index (χ3n) is 0.849. The highest BCUT2D eigenvalue weighted by molar-refractivity contribution is 6.01. The van der Waals surface area contributed by atoms with E-state index in [9.17, 15) is 4.79 Å². The topological polar surface area (TPSA) is 117 Å². The predicted molar refractivity (Wildman–Crippen MR) is 46.0 cm³/mol. The van der Waals surface area contributed by atoms with Crippen molar-refractivity contribution < 1.29 is 4.79 Å². The van der Waals surface area contributed by atoms with E-state index in [1.54, 1.807) is 0 Å². The summed E-state index contributed by atoms with van der Waals surface area (Å²) in [5.41, 5.74) is 10.3. The van der Waals surface area contributed by atoms with Crippen molar-refractivity contribution in [1.82, 2.24) is 10.6 Å². The van der Waals surface area contributed by atoms with Crippen LogP contribution in [0.25, 0.3) is 0 Å². The van der Waals surface area contributed by atoms with Crippen LogP contribution in [0.2, 0.25) is 0 Å². The van der Waals surface area contributed by atoms with Crippen LogP contribution in [-0.4, -0.2) is 18.0 Å². The van der Waals surface area contributed by atoms with Crippen molar-refractivity contribution in [1.29, 1.82) is 5.41 Å². The van der Waals surface area contributed by atoms with Crippen LogP contribution in [0.5, 0.6) is 0 Å². The molecular weight excluding hydrogens is 158 g/mol. The molecule has 0 aliphatic heterocycles. The summed E-state index contributed by atoms with van der Waals surface area (Å²) in [5.74, 6) is -0.308. The van der Waals surface area contributed by atoms with E-state index in [4.69, 9.17) is 16.9 Å². The summed E-state index contributed by atoms with van der Waals surface area (Å²) in [6.07, 6.45) is 2.07. The predicted octanol–water partition coefficient (Wildman–Crippen LogP) is -1.60. The Kier molecular flexibility index (Phi) is 4.66. The molecule has 0 bridgehead atoms. The lowest BCUT2D eigenvalue weighted by molar-refractivity contribution is -0.117. The largest absolute Gasteiger partial charge is 0.364 e. The van der Waals surface area contributed by atoms with Crippen LogP contribution >= 0.6 is 0 Å². The van der Waals surface area contributed by atoms with Crippen molar-refractivity contribution in [2.45, 2.75) is 13.2 Å². The zero-order valence-electron chi connectivity index (χ0n) is 6.79. The standard InChI is InChI=1S/C6H13N5O/c1-4(12)11-5(7)2-3-10-6(8)9/h2-3,6,10H,8-9H2,1H3,(H2,7,11,12)/b3-2-. The fraction of sp³-hybridized carbons (Fsp3) is 0.333. The van der Waals surface area contributed by atoms with Gasteiger partial charge in [-0.1, -0.05) is 0 Å². The highest BCUT2D eigenvalue weighted by Crippen LogP contribution is 1.71. The third-order valence-corrected chi connectivity index (χ3v) is 0.849. The summed E-state index contributed by atoms with van der Waals surface area (Å²) in [6.45, 7) is 1.32. The second-order valence-corrected chi connectivity index (χ2v) is 2.12. The minimum absolute atomic E-state index is 0.0179. The molecule has 0 spiro atoms. The minimum Gasteiger partial charge on any atom is -0.364 e. The molecule has 0 fully saturated rings. The number of nitrogens with one attached hydrogen (secondary N) is 3. The Morgan fingerprint density at radius 2 is 2.17 bits per heavy atom. The molecule has 0 aromatic heterocycles. The third kappa shape index (κ3) is 6.72. The fourth-order valence-corrected chi connectivity index (χ4v) is 0.474. The van der Waals surface area contributed by atoms with Crippen molar-refractivity contribution in [3.63, 3.8) is 0 Å². The Bertz CT molecular complexity index is 198. The van der Waals surface area contributed by atoms with Crippen molar-refractivity contribution >= 4 is 11.7 Å². The van der Waals surface area contributed by atoms with Crippen LogP contribution in [0.15, 0.2) is 12.3 Å². The summed E-state index contributed by atoms with van der Waals surface area (Å²) >= 11 is 0. The zero-order chi connectivity index (χ0) is 9.56. The maximum Gasteiger partial charge on any atom is 0.222 e. The molecule has 0 rings (SSSR count). The maximum absolute atomic E-state index is 10.4. The summed E-state index contributed by atoms with van der Waals surface area (Å²) < 4.78 is 0. The fourth-order valence-electron chi connectivity index (χ4n) is 0.474. The van der Waals surface area contributed by atoms with Crippen molar-refractivity contribution in [3.05, 3.63) is 12.3 Å². The highest BCUT2D eigenvalue weighted by Gasteiger charge is 1.92. The van der Waals surface area contributed by atoms with E-state index in [-0.39, 0.29) is 11.7 Å². The SMILES string of the molecule is CC(=O)NC(=N)/C=C\NC(N)N. The molecule has 0 aromatic rings. The van der Waals surface area contributed by atoms with E-state index in [0.29, 0.717) is 0 Å². The number of amides is 1. The smallest absolute Gasteiger partial charge is 0.222 e. The molecule has 68 valence electrons. The Morgan fingerprint density at radius 1 is 1.58 bits per heavy atom. The number of carbonyl (C=O) groups is 1. The number of nitrogens with two attached hydrogens (primary N) is 2. The molecule has 0 aromatic carbocycles. The van der Waals surface area contributed by atoms with Gasteiger partial charge in [-0.25, -0.2) is 0 Å². The Labute approximate surface area is 70.5 Å². The number of rotatable bonds is 3. The molecule has 0 aliphatic rings. The average Bonchev–Trinajstić information content (AvgIpc) is 1.84. The van der Waals surface area contributed by atoms with E-state index in [1.807, 2.05) is 0 Å². The lowest BCUT2D eigenvalue weighted by atomic mass is 10.5. The Balaban J connectivity index is 3.68. The van der Waals surface area contributed by atoms with Gasteiger partial charge in [0.2, 0.25) is 5.91 Å². The lowest BCUT2D eigenvalue weighted by Crippen LogP contribution is -2.42. The molecule has 0 saturated heterocycles. The van der Waals surface area contributed by atoms with E-state index in [0.717, 1.165) is 0 Å². The first-order chi connectivity index (χ1) is 5.52. The number of amidine groups is 1. The van der Waals surface area contributed by atoms with Crippen LogP contribution in [-0.2, 0) is 4.79 Å². The van der Waals surface area contributed by atoms with Crippen LogP contribution in [0.1, 0.15) is 6.92 Å². The van der Waals surface area contributed by atoms with Crippen LogP contribution in [0.4, 0.5) is 0 Å². The van der Waals surface area contributed by atoms with Gasteiger partial charge in [-0.2, -0.15) is 0 Å². The van der Waals surface area contributed by atoms with Crippen LogP contribution in [0, 0.1) is 5.41 Å². The monoisotopic (exact) mass is 171 g/mol. The molecule has 6 nitrogen and oxygen atoms in total.